The van der Waals surface area contributed by atoms with Crippen LogP contribution in [0, 0.1) is 35.4 Å². The van der Waals surface area contributed by atoms with Crippen molar-refractivity contribution in [1.29, 1.82) is 0 Å². The molecule has 0 heterocycles. The van der Waals surface area contributed by atoms with Gasteiger partial charge in [-0.15, -0.1) is 59.6 Å². The molecule has 7 heteroatoms. The average molecular weight is 343 g/mol. The van der Waals surface area contributed by atoms with Gasteiger partial charge in [-0.25, -0.2) is 8.78 Å². The molecule has 2 aromatic carbocycles. The van der Waals surface area contributed by atoms with Gasteiger partial charge in [-0.3, -0.25) is 8.78 Å². The van der Waals surface area contributed by atoms with E-state index in [1.165, 1.54) is 0 Å². The molecule has 0 unspecified atom stereocenters. The smallest absolute Gasteiger partial charge is 0.283 e. The molecule has 0 bridgehead atoms. The van der Waals surface area contributed by atoms with Crippen molar-refractivity contribution in [1.82, 2.24) is 0 Å². The second kappa shape index (κ2) is 8.59. The standard InChI is InChI=1S/2C6H2ClF2.Ti/c2*7-5-3-4(8)1-2-6(5)9;/h2*1-2H;/q2*-1;+2. The van der Waals surface area contributed by atoms with Crippen molar-refractivity contribution in [2.24, 2.45) is 0 Å². The summed E-state index contributed by atoms with van der Waals surface area (Å²) < 4.78 is 48.4. The quantitative estimate of drug-likeness (QED) is 0.278. The second-order valence-electron chi connectivity index (χ2n) is 2.94. The van der Waals surface area contributed by atoms with E-state index >= 15 is 0 Å². The minimum atomic E-state index is -0.655. The number of rotatable bonds is 0. The van der Waals surface area contributed by atoms with Crippen molar-refractivity contribution in [2.45, 2.75) is 0 Å². The summed E-state index contributed by atoms with van der Waals surface area (Å²) >= 11 is 10.3. The predicted octanol–water partition coefficient (Wildman–Crippen LogP) is 4.83. The van der Waals surface area contributed by atoms with Crippen LogP contribution in [-0.2, 0) is 21.7 Å². The molecule has 0 N–H and O–H groups in total. The molecule has 19 heavy (non-hydrogen) atoms. The second-order valence-corrected chi connectivity index (χ2v) is 3.69. The van der Waals surface area contributed by atoms with Crippen LogP contribution >= 0.6 is 23.2 Å². The van der Waals surface area contributed by atoms with Gasteiger partial charge in [0.05, 0.1) is 0 Å². The molecule has 0 aliphatic rings. The van der Waals surface area contributed by atoms with Crippen LogP contribution in [0.15, 0.2) is 24.3 Å². The molecule has 0 amide bonds. The zero-order chi connectivity index (χ0) is 13.7. The minimum absolute atomic E-state index is 0. The molecule has 0 radical (unpaired) electrons. The van der Waals surface area contributed by atoms with Gasteiger partial charge in [0, 0.05) is 23.3 Å². The van der Waals surface area contributed by atoms with E-state index in [0.717, 1.165) is 24.3 Å². The number of benzene rings is 2. The Labute approximate surface area is 132 Å². The molecule has 0 aliphatic heterocycles. The largest absolute Gasteiger partial charge is 2.00 e. The summed E-state index contributed by atoms with van der Waals surface area (Å²) in [6.45, 7) is 0. The van der Waals surface area contributed by atoms with Crippen LogP contribution < -0.4 is 0 Å². The molecule has 0 saturated carbocycles. The van der Waals surface area contributed by atoms with Crippen LogP contribution in [0.3, 0.4) is 0 Å². The average Bonchev–Trinajstić information content (AvgIpc) is 2.30. The van der Waals surface area contributed by atoms with Gasteiger partial charge >= 0.3 is 21.7 Å². The molecular formula is C12H4Cl2F4Ti. The number of hydrogen-bond donors (Lipinski definition) is 0. The van der Waals surface area contributed by atoms with Gasteiger partial charge in [0.25, 0.3) is 0 Å². The minimum Gasteiger partial charge on any atom is -0.283 e. The van der Waals surface area contributed by atoms with Crippen molar-refractivity contribution < 1.29 is 39.3 Å². The van der Waals surface area contributed by atoms with Gasteiger partial charge in [0.15, 0.2) is 0 Å². The van der Waals surface area contributed by atoms with Crippen molar-refractivity contribution >= 4 is 23.2 Å². The molecule has 0 atom stereocenters. The fraction of sp³-hybridized carbons (Fsp3) is 0. The molecule has 0 nitrogen and oxygen atoms in total. The Morgan fingerprint density at radius 1 is 0.684 bits per heavy atom. The Morgan fingerprint density at radius 2 is 1.00 bits per heavy atom. The van der Waals surface area contributed by atoms with Crippen molar-refractivity contribution in [3.8, 4) is 0 Å². The van der Waals surface area contributed by atoms with Gasteiger partial charge in [-0.05, 0) is 10.0 Å². The topological polar surface area (TPSA) is 0 Å². The monoisotopic (exact) mass is 342 g/mol. The summed E-state index contributed by atoms with van der Waals surface area (Å²) in [7, 11) is 0. The summed E-state index contributed by atoms with van der Waals surface area (Å²) in [5, 5.41) is -0.620. The maximum atomic E-state index is 12.2. The van der Waals surface area contributed by atoms with E-state index in [1.54, 1.807) is 0 Å². The first-order chi connectivity index (χ1) is 8.40. The SMILES string of the molecule is Fc1[c-]c(Cl)c(F)cc1.Fc1[c-]c(Cl)c(F)cc1.[Ti+2]. The molecule has 0 spiro atoms. The van der Waals surface area contributed by atoms with E-state index in [0.29, 0.717) is 0 Å². The van der Waals surface area contributed by atoms with Crippen LogP contribution in [-0.4, -0.2) is 0 Å². The summed E-state index contributed by atoms with van der Waals surface area (Å²) in [6, 6.07) is 7.75. The fourth-order valence-corrected chi connectivity index (χ4v) is 1.16. The third-order valence-corrected chi connectivity index (χ3v) is 2.18. The van der Waals surface area contributed by atoms with E-state index in [9.17, 15) is 17.6 Å². The Hall–Kier alpha value is -0.546. The van der Waals surface area contributed by atoms with E-state index in [-0.39, 0.29) is 31.8 Å². The predicted molar refractivity (Wildman–Crippen MR) is 60.4 cm³/mol. The third-order valence-electron chi connectivity index (χ3n) is 1.63. The van der Waals surface area contributed by atoms with Crippen molar-refractivity contribution in [3.05, 3.63) is 69.7 Å². The summed E-state index contributed by atoms with van der Waals surface area (Å²) in [5.41, 5.74) is 0. The zero-order valence-corrected chi connectivity index (χ0v) is 12.2. The van der Waals surface area contributed by atoms with Gasteiger partial charge < -0.3 is 0 Å². The van der Waals surface area contributed by atoms with Gasteiger partial charge in [-0.2, -0.15) is 0 Å². The molecule has 0 aliphatic carbocycles. The number of halogens is 6. The maximum absolute atomic E-state index is 12.2. The summed E-state index contributed by atoms with van der Waals surface area (Å²) in [4.78, 5) is 0. The van der Waals surface area contributed by atoms with Crippen LogP contribution in [0.5, 0.6) is 0 Å². The number of hydrogen-bond acceptors (Lipinski definition) is 0. The molecule has 0 saturated heterocycles. The van der Waals surface area contributed by atoms with Gasteiger partial charge in [0.1, 0.15) is 0 Å². The van der Waals surface area contributed by atoms with Crippen LogP contribution in [0.4, 0.5) is 17.6 Å². The van der Waals surface area contributed by atoms with Gasteiger partial charge in [0.2, 0.25) is 0 Å². The van der Waals surface area contributed by atoms with Crippen LogP contribution in [0.25, 0.3) is 0 Å². The fourth-order valence-electron chi connectivity index (χ4n) is 0.851. The molecule has 2 rings (SSSR count). The Balaban J connectivity index is 0.000000324. The first kappa shape index (κ1) is 18.5. The van der Waals surface area contributed by atoms with Gasteiger partial charge in [-0.1, -0.05) is 0 Å². The van der Waals surface area contributed by atoms with Crippen molar-refractivity contribution in [3.63, 3.8) is 0 Å². The molecular weight excluding hydrogens is 339 g/mol. The Kier molecular flexibility index (Phi) is 8.34. The normalized spacial score (nSPS) is 9.16. The first-order valence-electron chi connectivity index (χ1n) is 4.46. The first-order valence-corrected chi connectivity index (χ1v) is 5.21. The van der Waals surface area contributed by atoms with E-state index in [2.05, 4.69) is 0 Å². The van der Waals surface area contributed by atoms with E-state index < -0.39 is 23.3 Å². The van der Waals surface area contributed by atoms with Crippen molar-refractivity contribution in [2.75, 3.05) is 0 Å². The Bertz CT molecular complexity index is 500. The van der Waals surface area contributed by atoms with E-state index in [4.69, 9.17) is 23.2 Å². The summed E-state index contributed by atoms with van der Waals surface area (Å²) in [6.07, 6.45) is 0. The molecule has 0 aromatic heterocycles. The summed E-state index contributed by atoms with van der Waals surface area (Å²) in [5.74, 6) is -2.61. The maximum Gasteiger partial charge on any atom is 2.00 e. The van der Waals surface area contributed by atoms with Crippen LogP contribution in [0.1, 0.15) is 0 Å². The zero-order valence-electron chi connectivity index (χ0n) is 9.08. The van der Waals surface area contributed by atoms with Crippen LogP contribution in [0.2, 0.25) is 10.0 Å². The third kappa shape index (κ3) is 6.43. The molecule has 98 valence electrons. The Morgan fingerprint density at radius 3 is 1.21 bits per heavy atom. The molecule has 0 fully saturated rings. The van der Waals surface area contributed by atoms with E-state index in [1.807, 2.05) is 12.1 Å². The molecule has 2 aromatic rings.